The second kappa shape index (κ2) is 84.6. The third-order valence-electron chi connectivity index (χ3n) is 19.0. The smallest absolute Gasteiger partial charge is 0.335 e. The largest absolute Gasteiger partial charge is 0.487 e. The molecule has 0 bridgehead atoms. The molecule has 1 fully saturated rings. The minimum atomic E-state index is -1.03. The highest BCUT2D eigenvalue weighted by Crippen LogP contribution is 2.33. The van der Waals surface area contributed by atoms with Crippen LogP contribution in [0.2, 0.25) is 0 Å². The van der Waals surface area contributed by atoms with E-state index in [2.05, 4.69) is 0 Å². The van der Waals surface area contributed by atoms with Gasteiger partial charge in [-0.05, 0) is 91.0 Å². The first-order valence-electron chi connectivity index (χ1n) is 48.6. The van der Waals surface area contributed by atoms with Crippen molar-refractivity contribution in [2.75, 3.05) is 396 Å². The van der Waals surface area contributed by atoms with E-state index in [0.29, 0.717) is 447 Å². The molecule has 0 unspecified atom stereocenters. The van der Waals surface area contributed by atoms with Gasteiger partial charge in [-0.1, -0.05) is 72.8 Å². The summed E-state index contributed by atoms with van der Waals surface area (Å²) >= 11 is 0. The van der Waals surface area contributed by atoms with Crippen LogP contribution in [0.1, 0.15) is 10.4 Å². The second-order valence-corrected chi connectivity index (χ2v) is 29.6. The Hall–Kier alpha value is -9.71. The lowest BCUT2D eigenvalue weighted by Gasteiger charge is -2.15. The lowest BCUT2D eigenvalue weighted by molar-refractivity contribution is -0.0334. The Kier molecular flexibility index (Phi) is 70.0. The lowest BCUT2D eigenvalue weighted by Crippen LogP contribution is -2.16. The van der Waals surface area contributed by atoms with Gasteiger partial charge in [0, 0.05) is 0 Å². The quantitative estimate of drug-likeness (QED) is 0.160. The van der Waals surface area contributed by atoms with E-state index < -0.39 is 5.97 Å². The summed E-state index contributed by atoms with van der Waals surface area (Å²) in [5.74, 6) is 8.32. The minimum Gasteiger partial charge on any atom is -0.487 e. The molecular formula is C103H148O39. The molecule has 0 saturated carbocycles. The number of hydrogen-bond donors (Lipinski definition) is 1. The van der Waals surface area contributed by atoms with Crippen LogP contribution in [0.15, 0.2) is 164 Å². The molecule has 6 aliphatic heterocycles. The molecule has 7 aromatic rings. The van der Waals surface area contributed by atoms with Gasteiger partial charge < -0.3 is 180 Å². The molecule has 0 atom stereocenters. The highest BCUT2D eigenvalue weighted by molar-refractivity contribution is 5.88. The predicted molar refractivity (Wildman–Crippen MR) is 518 cm³/mol. The van der Waals surface area contributed by atoms with Gasteiger partial charge in [0.1, 0.15) is 92.5 Å². The molecular weight excluding hydrogens is 1860 g/mol. The van der Waals surface area contributed by atoms with E-state index in [9.17, 15) is 4.79 Å². The van der Waals surface area contributed by atoms with Gasteiger partial charge in [-0.25, -0.2) is 4.79 Å². The molecule has 1 N–H and O–H groups in total. The number of carboxylic acids is 1. The van der Waals surface area contributed by atoms with Crippen LogP contribution in [0.5, 0.6) is 80.5 Å². The molecule has 6 aliphatic rings. The molecule has 7 aromatic carbocycles. The van der Waals surface area contributed by atoms with Gasteiger partial charge in [0.25, 0.3) is 0 Å². The van der Waals surface area contributed by atoms with E-state index in [0.717, 1.165) is 23.0 Å². The molecule has 0 aliphatic carbocycles. The topological polar surface area (TPSA) is 379 Å². The molecule has 0 radical (unpaired) electrons. The number of para-hydroxylation sites is 12. The van der Waals surface area contributed by atoms with Crippen LogP contribution in [0, 0.1) is 0 Å². The summed E-state index contributed by atoms with van der Waals surface area (Å²) in [4.78, 5) is 11.1. The van der Waals surface area contributed by atoms with Crippen LogP contribution in [-0.2, 0) is 109 Å². The molecule has 1 saturated heterocycles. The normalized spacial score (nSPS) is 19.2. The van der Waals surface area contributed by atoms with Crippen LogP contribution in [-0.4, -0.2) is 407 Å². The van der Waals surface area contributed by atoms with E-state index in [1.54, 1.807) is 6.07 Å². The minimum absolute atomic E-state index is 0.132. The van der Waals surface area contributed by atoms with Gasteiger partial charge in [-0.2, -0.15) is 0 Å². The van der Waals surface area contributed by atoms with Crippen LogP contribution >= 0.6 is 0 Å². The Bertz CT molecular complexity index is 3730. The number of benzene rings is 7. The SMILES string of the molecule is C1COCCOCCOCCOCCOCCOCCOCCO1.O=C(O)c1ccc2c(c1)OCCOCCOCCOCCOCCO2.c1ccc2c(c1)OCCOCCOCCO2.c1ccc2c(c1)OCCOCCOCCOCCO2.c1ccc2c(c1)OCCOCCOCCOc1ccccc1OCCOCCOCCO2.c1ccc2c(c1)OCCOCCOc1ccccc1OCCOCCO2. The summed E-state index contributed by atoms with van der Waals surface area (Å²) < 4.78 is 204. The fourth-order valence-corrected chi connectivity index (χ4v) is 12.2. The van der Waals surface area contributed by atoms with Gasteiger partial charge in [0.15, 0.2) is 80.5 Å². The zero-order valence-electron chi connectivity index (χ0n) is 82.0. The number of hydrogen-bond acceptors (Lipinski definition) is 38. The fourth-order valence-electron chi connectivity index (χ4n) is 12.2. The van der Waals surface area contributed by atoms with Crippen LogP contribution in [0.4, 0.5) is 0 Å². The van der Waals surface area contributed by atoms with E-state index in [-0.39, 0.29) is 12.2 Å². The van der Waals surface area contributed by atoms with E-state index in [4.69, 9.17) is 180 Å². The predicted octanol–water partition coefficient (Wildman–Crippen LogP) is 10.3. The number of carboxylic acid groups (broad SMARTS) is 1. The summed E-state index contributed by atoms with van der Waals surface area (Å²) in [5.41, 5.74) is 0.132. The maximum atomic E-state index is 11.1. The Morgan fingerprint density at radius 3 is 0.324 bits per heavy atom. The van der Waals surface area contributed by atoms with Crippen LogP contribution < -0.4 is 66.3 Å². The van der Waals surface area contributed by atoms with Crippen LogP contribution in [0.3, 0.4) is 0 Å². The summed E-state index contributed by atoms with van der Waals surface area (Å²) in [6.07, 6.45) is 0. The van der Waals surface area contributed by atoms with Crippen molar-refractivity contribution in [2.24, 2.45) is 0 Å². The summed E-state index contributed by atoms with van der Waals surface area (Å²) in [6.45, 7) is 30.0. The maximum Gasteiger partial charge on any atom is 0.335 e. The molecule has 39 heteroatoms. The van der Waals surface area contributed by atoms with E-state index in [1.807, 2.05) is 146 Å². The standard InChI is InChI=1S/C24H32O8.C20H24O6.C17H24O8.C16H32O8.C14H20O5.C12H16O4/c1-2-6-22-21(5-1)29-17-13-25-9-10-27-15-19-31-23-7-3-4-8-24(23)32-20-16-28-12-11-26-14-18-30-22;1-2-6-18-17(5-1)23-13-9-21-11-15-25-19-7-3-4-8-20(19)26-16-12-22-10-14-24-18;18-17(19)14-1-2-15-16(13-14)25-12-10-23-8-6-21-4-3-20-5-7-22-9-11-24-15;1-2-18-5-6-20-9-10-22-13-14-24-16-15-23-12-11-21-8-7-19-4-3-17-1;1-2-4-14-13(3-1)18-11-9-16-7-5-15-6-8-17-10-12-19-14;1-2-4-12-11(3-1)15-9-7-13-5-6-14-8-10-16-12/h1-8H,9-20H2;1-8H,9-16H2;1-2,13H,3-12H2,(H,18,19);1-16H2;1-4H,5-12H2;1-4H,5-10H2. The first-order chi connectivity index (χ1) is 70.6. The molecule has 0 aromatic heterocycles. The van der Waals surface area contributed by atoms with Gasteiger partial charge in [-0.15, -0.1) is 0 Å². The fraction of sp³-hybridized carbons (Fsp3) is 0.583. The van der Waals surface area contributed by atoms with Crippen molar-refractivity contribution in [3.8, 4) is 80.5 Å². The average molecular weight is 2010 g/mol. The van der Waals surface area contributed by atoms with Crippen molar-refractivity contribution in [1.82, 2.24) is 0 Å². The maximum absolute atomic E-state index is 11.1. The van der Waals surface area contributed by atoms with Crippen molar-refractivity contribution in [3.63, 3.8) is 0 Å². The van der Waals surface area contributed by atoms with Gasteiger partial charge >= 0.3 is 5.97 Å². The first kappa shape index (κ1) is 118. The van der Waals surface area contributed by atoms with Gasteiger partial charge in [0.2, 0.25) is 0 Å². The third kappa shape index (κ3) is 59.5. The molecule has 6 heterocycles. The highest BCUT2D eigenvalue weighted by atomic mass is 16.6. The molecule has 0 amide bonds. The molecule has 39 nitrogen and oxygen atoms in total. The number of fused-ring (bicyclic) bond motifs is 7. The summed E-state index contributed by atoms with van der Waals surface area (Å²) in [7, 11) is 0. The Labute approximate surface area is 833 Å². The number of rotatable bonds is 1. The zero-order valence-corrected chi connectivity index (χ0v) is 82.0. The number of carbonyl (C=O) groups is 1. The first-order valence-corrected chi connectivity index (χ1v) is 48.6. The molecule has 794 valence electrons. The van der Waals surface area contributed by atoms with Gasteiger partial charge in [-0.3, -0.25) is 0 Å². The number of aromatic carboxylic acids is 1. The molecule has 142 heavy (non-hydrogen) atoms. The van der Waals surface area contributed by atoms with Crippen LogP contribution in [0.25, 0.3) is 0 Å². The average Bonchev–Trinajstić information content (AvgIpc) is 0.847. The van der Waals surface area contributed by atoms with Gasteiger partial charge in [0.05, 0.1) is 309 Å². The summed E-state index contributed by atoms with van der Waals surface area (Å²) in [6, 6.07) is 50.0. The second-order valence-electron chi connectivity index (χ2n) is 29.6. The number of ether oxygens (including phenoxy) is 37. The Balaban J connectivity index is 0.000000211. The van der Waals surface area contributed by atoms with E-state index in [1.165, 1.54) is 12.1 Å². The molecule has 13 rings (SSSR count). The Morgan fingerprint density at radius 2 is 0.218 bits per heavy atom. The zero-order chi connectivity index (χ0) is 98.9. The highest BCUT2D eigenvalue weighted by Gasteiger charge is 2.16. The Morgan fingerprint density at radius 1 is 0.127 bits per heavy atom. The third-order valence-corrected chi connectivity index (χ3v) is 19.0. The monoisotopic (exact) mass is 2010 g/mol. The lowest BCUT2D eigenvalue weighted by atomic mass is 10.2. The molecule has 0 spiro atoms. The van der Waals surface area contributed by atoms with Crippen molar-refractivity contribution in [2.45, 2.75) is 0 Å². The van der Waals surface area contributed by atoms with Crippen molar-refractivity contribution in [3.05, 3.63) is 169 Å². The van der Waals surface area contributed by atoms with Crippen molar-refractivity contribution in [1.29, 1.82) is 0 Å². The summed E-state index contributed by atoms with van der Waals surface area (Å²) in [5, 5.41) is 9.10. The van der Waals surface area contributed by atoms with Crippen molar-refractivity contribution >= 4 is 5.97 Å². The van der Waals surface area contributed by atoms with E-state index >= 15 is 0 Å². The van der Waals surface area contributed by atoms with Crippen molar-refractivity contribution < 1.29 is 185 Å².